The van der Waals surface area contributed by atoms with Gasteiger partial charge < -0.3 is 24.5 Å². The second kappa shape index (κ2) is 8.26. The molecule has 0 bridgehead atoms. The molecule has 152 valence electrons. The number of benzene rings is 2. The number of methoxy groups -OCH3 is 1. The summed E-state index contributed by atoms with van der Waals surface area (Å²) >= 11 is 0. The molecule has 2 N–H and O–H groups in total. The van der Waals surface area contributed by atoms with Gasteiger partial charge in [0.25, 0.3) is 0 Å². The molecule has 8 heteroatoms. The summed E-state index contributed by atoms with van der Waals surface area (Å²) in [6.07, 6.45) is 2.02. The van der Waals surface area contributed by atoms with Gasteiger partial charge in [0, 0.05) is 35.8 Å². The van der Waals surface area contributed by atoms with Gasteiger partial charge in [-0.15, -0.1) is 0 Å². The zero-order valence-corrected chi connectivity index (χ0v) is 17.1. The molecule has 3 aromatic rings. The first-order chi connectivity index (χ1) is 14.0. The SMILES string of the molecule is COc1ccc(-c2cn3c(n2)CNCC3)c(OC(C)S(=O)c2ccc(O)cc2)c1. The Labute approximate surface area is 171 Å². The van der Waals surface area contributed by atoms with E-state index in [0.29, 0.717) is 16.4 Å². The first-order valence-electron chi connectivity index (χ1n) is 9.36. The van der Waals surface area contributed by atoms with Crippen molar-refractivity contribution in [1.82, 2.24) is 14.9 Å². The standard InChI is InChI=1S/C21H23N3O4S/c1-14(29(26)17-6-3-15(25)4-7-17)28-20-11-16(27-2)5-8-18(20)19-13-24-10-9-22-12-21(24)23-19/h3-8,11,13-14,22,25H,9-10,12H2,1-2H3. The van der Waals surface area contributed by atoms with Crippen LogP contribution in [0, 0.1) is 0 Å². The Bertz CT molecular complexity index is 1010. The quantitative estimate of drug-likeness (QED) is 0.646. The third kappa shape index (κ3) is 4.13. The lowest BCUT2D eigenvalue weighted by atomic mass is 10.1. The Morgan fingerprint density at radius 3 is 2.76 bits per heavy atom. The molecule has 1 aliphatic rings. The fraction of sp³-hybridized carbons (Fsp3) is 0.286. The molecular formula is C21H23N3O4S. The maximum Gasteiger partial charge on any atom is 0.174 e. The highest BCUT2D eigenvalue weighted by Gasteiger charge is 2.20. The van der Waals surface area contributed by atoms with Crippen molar-refractivity contribution in [2.24, 2.45) is 0 Å². The van der Waals surface area contributed by atoms with E-state index in [2.05, 4.69) is 9.88 Å². The average molecular weight is 413 g/mol. The van der Waals surface area contributed by atoms with Crippen LogP contribution in [0.4, 0.5) is 0 Å². The number of hydrogen-bond donors (Lipinski definition) is 2. The molecule has 0 radical (unpaired) electrons. The van der Waals surface area contributed by atoms with E-state index in [1.54, 1.807) is 32.2 Å². The summed E-state index contributed by atoms with van der Waals surface area (Å²) in [7, 11) is 0.183. The molecule has 0 saturated heterocycles. The number of aromatic hydroxyl groups is 1. The Hall–Kier alpha value is -2.84. The maximum atomic E-state index is 12.9. The molecule has 2 heterocycles. The van der Waals surface area contributed by atoms with Crippen LogP contribution in [0.15, 0.2) is 53.6 Å². The number of ether oxygens (including phenoxy) is 2. The van der Waals surface area contributed by atoms with Gasteiger partial charge in [0.15, 0.2) is 5.44 Å². The van der Waals surface area contributed by atoms with E-state index in [0.717, 1.165) is 36.7 Å². The average Bonchev–Trinajstić information content (AvgIpc) is 3.17. The molecule has 0 aliphatic carbocycles. The Kier molecular flexibility index (Phi) is 5.55. The summed E-state index contributed by atoms with van der Waals surface area (Å²) in [5, 5.41) is 12.8. The van der Waals surface area contributed by atoms with Crippen LogP contribution in [0.3, 0.4) is 0 Å². The highest BCUT2D eigenvalue weighted by Crippen LogP contribution is 2.34. The Morgan fingerprint density at radius 1 is 1.24 bits per heavy atom. The molecule has 1 aromatic heterocycles. The van der Waals surface area contributed by atoms with E-state index in [1.165, 1.54) is 12.1 Å². The van der Waals surface area contributed by atoms with Crippen LogP contribution in [0.5, 0.6) is 17.2 Å². The molecule has 2 aromatic carbocycles. The fourth-order valence-electron chi connectivity index (χ4n) is 3.25. The van der Waals surface area contributed by atoms with Gasteiger partial charge in [0.2, 0.25) is 0 Å². The van der Waals surface area contributed by atoms with Gasteiger partial charge >= 0.3 is 0 Å². The highest BCUT2D eigenvalue weighted by atomic mass is 32.2. The maximum absolute atomic E-state index is 12.9. The summed E-state index contributed by atoms with van der Waals surface area (Å²) < 4.78 is 26.5. The fourth-order valence-corrected chi connectivity index (χ4v) is 4.23. The van der Waals surface area contributed by atoms with Crippen LogP contribution in [0.1, 0.15) is 12.7 Å². The number of nitrogens with zero attached hydrogens (tertiary/aromatic N) is 2. The molecule has 2 atom stereocenters. The van der Waals surface area contributed by atoms with Crippen molar-refractivity contribution in [2.75, 3.05) is 13.7 Å². The lowest BCUT2D eigenvalue weighted by Crippen LogP contribution is -2.27. The summed E-state index contributed by atoms with van der Waals surface area (Å²) in [4.78, 5) is 5.32. The van der Waals surface area contributed by atoms with Crippen molar-refractivity contribution >= 4 is 10.8 Å². The van der Waals surface area contributed by atoms with Gasteiger partial charge in [0.05, 0.1) is 30.1 Å². The number of phenolic OH excluding ortho intramolecular Hbond substituents is 1. The molecule has 0 saturated carbocycles. The predicted molar refractivity (Wildman–Crippen MR) is 111 cm³/mol. The summed E-state index contributed by atoms with van der Waals surface area (Å²) in [5.41, 5.74) is 1.02. The van der Waals surface area contributed by atoms with Crippen molar-refractivity contribution in [1.29, 1.82) is 0 Å². The molecule has 2 unspecified atom stereocenters. The van der Waals surface area contributed by atoms with E-state index >= 15 is 0 Å². The number of fused-ring (bicyclic) bond motifs is 1. The first-order valence-corrected chi connectivity index (χ1v) is 10.6. The van der Waals surface area contributed by atoms with Crippen molar-refractivity contribution in [3.05, 3.63) is 54.5 Å². The minimum Gasteiger partial charge on any atom is -0.508 e. The van der Waals surface area contributed by atoms with E-state index in [4.69, 9.17) is 14.5 Å². The Morgan fingerprint density at radius 2 is 2.03 bits per heavy atom. The van der Waals surface area contributed by atoms with Crippen LogP contribution in [0.25, 0.3) is 11.3 Å². The third-order valence-corrected chi connectivity index (χ3v) is 6.24. The van der Waals surface area contributed by atoms with Crippen LogP contribution < -0.4 is 14.8 Å². The topological polar surface area (TPSA) is 85.6 Å². The van der Waals surface area contributed by atoms with Crippen LogP contribution in [0.2, 0.25) is 0 Å². The van der Waals surface area contributed by atoms with Gasteiger partial charge in [-0.25, -0.2) is 4.98 Å². The Balaban J connectivity index is 1.64. The van der Waals surface area contributed by atoms with Gasteiger partial charge in [-0.3, -0.25) is 4.21 Å². The zero-order chi connectivity index (χ0) is 20.4. The minimum absolute atomic E-state index is 0.132. The van der Waals surface area contributed by atoms with Crippen molar-refractivity contribution < 1.29 is 18.8 Å². The first kappa shape index (κ1) is 19.5. The second-order valence-electron chi connectivity index (χ2n) is 6.75. The van der Waals surface area contributed by atoms with E-state index in [-0.39, 0.29) is 5.75 Å². The van der Waals surface area contributed by atoms with E-state index in [9.17, 15) is 9.32 Å². The van der Waals surface area contributed by atoms with Crippen LogP contribution in [-0.4, -0.2) is 38.0 Å². The van der Waals surface area contributed by atoms with E-state index in [1.807, 2.05) is 18.3 Å². The molecule has 4 rings (SSSR count). The van der Waals surface area contributed by atoms with Gasteiger partial charge in [-0.05, 0) is 43.3 Å². The lowest BCUT2D eigenvalue weighted by Gasteiger charge is -2.17. The zero-order valence-electron chi connectivity index (χ0n) is 16.3. The summed E-state index contributed by atoms with van der Waals surface area (Å²) in [6.45, 7) is 4.27. The summed E-state index contributed by atoms with van der Waals surface area (Å²) in [5.74, 6) is 2.32. The van der Waals surface area contributed by atoms with Crippen molar-refractivity contribution in [3.63, 3.8) is 0 Å². The number of rotatable bonds is 6. The van der Waals surface area contributed by atoms with Gasteiger partial charge in [-0.1, -0.05) is 0 Å². The van der Waals surface area contributed by atoms with Crippen LogP contribution in [-0.2, 0) is 23.9 Å². The number of nitrogens with one attached hydrogen (secondary N) is 1. The third-order valence-electron chi connectivity index (χ3n) is 4.80. The number of imidazole rings is 1. The lowest BCUT2D eigenvalue weighted by molar-refractivity contribution is 0.299. The molecule has 7 nitrogen and oxygen atoms in total. The molecule has 0 fully saturated rings. The number of aromatic nitrogens is 2. The van der Waals surface area contributed by atoms with Crippen molar-refractivity contribution in [3.8, 4) is 28.5 Å². The molecule has 0 amide bonds. The van der Waals surface area contributed by atoms with Gasteiger partial charge in [0.1, 0.15) is 23.1 Å². The monoisotopic (exact) mass is 413 g/mol. The molecule has 0 spiro atoms. The molecule has 1 aliphatic heterocycles. The second-order valence-corrected chi connectivity index (χ2v) is 8.48. The normalized spacial score (nSPS) is 15.4. The van der Waals surface area contributed by atoms with Gasteiger partial charge in [-0.2, -0.15) is 0 Å². The van der Waals surface area contributed by atoms with E-state index < -0.39 is 16.2 Å². The predicted octanol–water partition coefficient (Wildman–Crippen LogP) is 2.90. The molecular weight excluding hydrogens is 390 g/mol. The van der Waals surface area contributed by atoms with Crippen LogP contribution >= 0.6 is 0 Å². The largest absolute Gasteiger partial charge is 0.508 e. The number of hydrogen-bond acceptors (Lipinski definition) is 6. The highest BCUT2D eigenvalue weighted by molar-refractivity contribution is 7.85. The number of phenols is 1. The smallest absolute Gasteiger partial charge is 0.174 e. The minimum atomic E-state index is -1.41. The summed E-state index contributed by atoms with van der Waals surface area (Å²) in [6, 6.07) is 11.9. The van der Waals surface area contributed by atoms with Crippen molar-refractivity contribution in [2.45, 2.75) is 30.3 Å². The molecule has 29 heavy (non-hydrogen) atoms.